The molecule has 18 heavy (non-hydrogen) atoms. The summed E-state index contributed by atoms with van der Waals surface area (Å²) in [6.45, 7) is 3.93. The largest absolute Gasteiger partial charge is 0.399 e. The van der Waals surface area contributed by atoms with Crippen molar-refractivity contribution < 1.29 is 0 Å². The van der Waals surface area contributed by atoms with Gasteiger partial charge in [-0.2, -0.15) is 0 Å². The van der Waals surface area contributed by atoms with Crippen molar-refractivity contribution in [1.82, 2.24) is 0 Å². The zero-order valence-corrected chi connectivity index (χ0v) is 11.7. The Bertz CT molecular complexity index is 595. The summed E-state index contributed by atoms with van der Waals surface area (Å²) in [5.41, 5.74) is 10.2. The topological polar surface area (TPSA) is 38.0 Å². The molecule has 0 aromatic heterocycles. The molecule has 2 nitrogen and oxygen atoms in total. The Morgan fingerprint density at radius 1 is 0.889 bits per heavy atom. The lowest BCUT2D eigenvalue weighted by atomic mass is 10.1. The Balaban J connectivity index is 2.40. The van der Waals surface area contributed by atoms with Gasteiger partial charge in [0.15, 0.2) is 0 Å². The van der Waals surface area contributed by atoms with Crippen LogP contribution in [0.15, 0.2) is 30.3 Å². The van der Waals surface area contributed by atoms with E-state index < -0.39 is 0 Å². The second kappa shape index (κ2) is 5.09. The summed E-state index contributed by atoms with van der Waals surface area (Å²) in [5.74, 6) is 0. The fraction of sp³-hybridized carbons (Fsp3) is 0.143. The van der Waals surface area contributed by atoms with Crippen molar-refractivity contribution in [3.8, 4) is 0 Å². The van der Waals surface area contributed by atoms with E-state index in [1.54, 1.807) is 0 Å². The summed E-state index contributed by atoms with van der Waals surface area (Å²) in [6.07, 6.45) is 0. The van der Waals surface area contributed by atoms with Gasteiger partial charge in [-0.3, -0.25) is 0 Å². The van der Waals surface area contributed by atoms with Crippen molar-refractivity contribution in [1.29, 1.82) is 0 Å². The third-order valence-electron chi connectivity index (χ3n) is 2.78. The highest BCUT2D eigenvalue weighted by Crippen LogP contribution is 2.32. The first-order chi connectivity index (χ1) is 8.47. The molecule has 0 aliphatic heterocycles. The molecule has 0 radical (unpaired) electrons. The number of halogens is 2. The van der Waals surface area contributed by atoms with Gasteiger partial charge in [0.2, 0.25) is 0 Å². The van der Waals surface area contributed by atoms with Gasteiger partial charge in [-0.15, -0.1) is 0 Å². The van der Waals surface area contributed by atoms with Gasteiger partial charge in [-0.1, -0.05) is 29.3 Å². The van der Waals surface area contributed by atoms with Crippen LogP contribution >= 0.6 is 23.2 Å². The van der Waals surface area contributed by atoms with Crippen LogP contribution in [0.5, 0.6) is 0 Å². The Morgan fingerprint density at radius 2 is 1.61 bits per heavy atom. The van der Waals surface area contributed by atoms with Crippen molar-refractivity contribution in [3.63, 3.8) is 0 Å². The van der Waals surface area contributed by atoms with Crippen molar-refractivity contribution in [3.05, 3.63) is 51.5 Å². The summed E-state index contributed by atoms with van der Waals surface area (Å²) in [4.78, 5) is 0. The van der Waals surface area contributed by atoms with Crippen LogP contribution in [-0.4, -0.2) is 0 Å². The van der Waals surface area contributed by atoms with E-state index in [1.807, 2.05) is 44.2 Å². The maximum atomic E-state index is 6.19. The molecule has 0 fully saturated rings. The van der Waals surface area contributed by atoms with Crippen molar-refractivity contribution in [2.75, 3.05) is 11.1 Å². The predicted molar refractivity (Wildman–Crippen MR) is 80.1 cm³/mol. The van der Waals surface area contributed by atoms with E-state index in [0.717, 1.165) is 22.5 Å². The molecule has 2 rings (SSSR count). The first kappa shape index (κ1) is 13.1. The van der Waals surface area contributed by atoms with E-state index in [9.17, 15) is 0 Å². The third-order valence-corrected chi connectivity index (χ3v) is 3.50. The predicted octanol–water partition coefficient (Wildman–Crippen LogP) is 4.94. The number of nitrogen functional groups attached to an aromatic ring is 1. The maximum absolute atomic E-state index is 6.19. The van der Waals surface area contributed by atoms with E-state index in [4.69, 9.17) is 28.9 Å². The molecule has 0 aliphatic rings. The molecule has 0 aliphatic carbocycles. The van der Waals surface area contributed by atoms with Gasteiger partial charge in [0, 0.05) is 16.4 Å². The SMILES string of the molecule is Cc1cc(Cl)c(Nc2cc(N)ccc2C)cc1Cl. The second-order valence-electron chi connectivity index (χ2n) is 4.28. The van der Waals surface area contributed by atoms with Crippen molar-refractivity contribution in [2.45, 2.75) is 13.8 Å². The molecule has 3 N–H and O–H groups in total. The van der Waals surface area contributed by atoms with E-state index >= 15 is 0 Å². The minimum absolute atomic E-state index is 0.638. The van der Waals surface area contributed by atoms with Crippen molar-refractivity contribution in [2.24, 2.45) is 0 Å². The molecule has 0 spiro atoms. The quantitative estimate of drug-likeness (QED) is 0.765. The average Bonchev–Trinajstić information content (AvgIpc) is 2.30. The highest BCUT2D eigenvalue weighted by Gasteiger charge is 2.06. The highest BCUT2D eigenvalue weighted by atomic mass is 35.5. The van der Waals surface area contributed by atoms with Gasteiger partial charge in [-0.25, -0.2) is 0 Å². The molecule has 4 heteroatoms. The van der Waals surface area contributed by atoms with Gasteiger partial charge < -0.3 is 11.1 Å². The van der Waals surface area contributed by atoms with E-state index in [1.165, 1.54) is 0 Å². The zero-order valence-electron chi connectivity index (χ0n) is 10.2. The standard InChI is InChI=1S/C14H14Cl2N2/c1-8-3-4-10(17)6-13(8)18-14-7-11(15)9(2)5-12(14)16/h3-7,18H,17H2,1-2H3. The van der Waals surface area contributed by atoms with Gasteiger partial charge in [0.25, 0.3) is 0 Å². The Morgan fingerprint density at radius 3 is 2.33 bits per heavy atom. The monoisotopic (exact) mass is 280 g/mol. The second-order valence-corrected chi connectivity index (χ2v) is 5.09. The minimum atomic E-state index is 0.638. The number of nitrogens with two attached hydrogens (primary N) is 1. The number of benzene rings is 2. The number of anilines is 3. The van der Waals surface area contributed by atoms with Gasteiger partial charge in [-0.05, 0) is 49.2 Å². The van der Waals surface area contributed by atoms with Crippen LogP contribution in [0.25, 0.3) is 0 Å². The molecule has 0 bridgehead atoms. The molecule has 94 valence electrons. The molecular formula is C14H14Cl2N2. The first-order valence-electron chi connectivity index (χ1n) is 5.56. The average molecular weight is 281 g/mol. The first-order valence-corrected chi connectivity index (χ1v) is 6.32. The summed E-state index contributed by atoms with van der Waals surface area (Å²) < 4.78 is 0. The lowest BCUT2D eigenvalue weighted by Crippen LogP contribution is -1.96. The van der Waals surface area contributed by atoms with Crippen LogP contribution in [0, 0.1) is 13.8 Å². The molecule has 0 amide bonds. The fourth-order valence-electron chi connectivity index (χ4n) is 1.66. The lowest BCUT2D eigenvalue weighted by Gasteiger charge is -2.13. The Hall–Kier alpha value is -1.38. The number of hydrogen-bond acceptors (Lipinski definition) is 2. The summed E-state index contributed by atoms with van der Waals surface area (Å²) in [5, 5.41) is 4.57. The maximum Gasteiger partial charge on any atom is 0.0644 e. The Kier molecular flexibility index (Phi) is 3.69. The summed E-state index contributed by atoms with van der Waals surface area (Å²) in [6, 6.07) is 9.36. The van der Waals surface area contributed by atoms with Crippen LogP contribution in [0.1, 0.15) is 11.1 Å². The highest BCUT2D eigenvalue weighted by molar-refractivity contribution is 6.35. The molecule has 0 saturated carbocycles. The summed E-state index contributed by atoms with van der Waals surface area (Å²) >= 11 is 12.3. The van der Waals surface area contributed by atoms with Crippen molar-refractivity contribution >= 4 is 40.3 Å². The van der Waals surface area contributed by atoms with E-state index in [-0.39, 0.29) is 0 Å². The van der Waals surface area contributed by atoms with E-state index in [2.05, 4.69) is 5.32 Å². The van der Waals surface area contributed by atoms with Crippen LogP contribution in [0.4, 0.5) is 17.1 Å². The number of rotatable bonds is 2. The molecule has 2 aromatic rings. The van der Waals surface area contributed by atoms with Crippen LogP contribution < -0.4 is 11.1 Å². The molecule has 0 heterocycles. The molecular weight excluding hydrogens is 267 g/mol. The molecule has 0 atom stereocenters. The van der Waals surface area contributed by atoms with E-state index in [0.29, 0.717) is 15.7 Å². The molecule has 0 saturated heterocycles. The minimum Gasteiger partial charge on any atom is -0.399 e. The van der Waals surface area contributed by atoms with Crippen LogP contribution in [-0.2, 0) is 0 Å². The lowest BCUT2D eigenvalue weighted by molar-refractivity contribution is 1.41. The Labute approximate surface area is 117 Å². The fourth-order valence-corrected chi connectivity index (χ4v) is 2.09. The van der Waals surface area contributed by atoms with Gasteiger partial charge in [0.1, 0.15) is 0 Å². The number of aryl methyl sites for hydroxylation is 2. The third kappa shape index (κ3) is 2.71. The molecule has 0 unspecified atom stereocenters. The molecule has 2 aromatic carbocycles. The van der Waals surface area contributed by atoms with Gasteiger partial charge >= 0.3 is 0 Å². The summed E-state index contributed by atoms with van der Waals surface area (Å²) in [7, 11) is 0. The van der Waals surface area contributed by atoms with Crippen LogP contribution in [0.3, 0.4) is 0 Å². The van der Waals surface area contributed by atoms with Crippen LogP contribution in [0.2, 0.25) is 10.0 Å². The normalized spacial score (nSPS) is 10.4. The van der Waals surface area contributed by atoms with Gasteiger partial charge in [0.05, 0.1) is 10.7 Å². The zero-order chi connectivity index (χ0) is 13.3. The number of nitrogens with one attached hydrogen (secondary N) is 1. The number of hydrogen-bond donors (Lipinski definition) is 2. The smallest absolute Gasteiger partial charge is 0.0644 e.